The van der Waals surface area contributed by atoms with E-state index in [1.807, 2.05) is 5.54 Å². The van der Waals surface area contributed by atoms with Crippen molar-refractivity contribution < 1.29 is 4.39 Å². The monoisotopic (exact) mass is 71.0 g/mol. The molecule has 0 aliphatic carbocycles. The summed E-state index contributed by atoms with van der Waals surface area (Å²) in [5.74, 6) is 0. The first-order valence-electron chi connectivity index (χ1n) is 0.689. The van der Waals surface area contributed by atoms with Gasteiger partial charge >= 0.3 is 0 Å². The topological polar surface area (TPSA) is 0 Å². The van der Waals surface area contributed by atoms with Crippen molar-refractivity contribution in [2.75, 3.05) is 0 Å². The van der Waals surface area contributed by atoms with E-state index in [4.69, 9.17) is 0 Å². The highest BCUT2D eigenvalue weighted by atomic mass is 28.1. The van der Waals surface area contributed by atoms with Crippen molar-refractivity contribution >= 4 is 10.2 Å². The fraction of sp³-hybridized carbons (Fsp3) is 0. The Morgan fingerprint density at radius 1 is 1.75 bits per heavy atom. The van der Waals surface area contributed by atoms with Gasteiger partial charge in [0, 0.05) is 0 Å². The van der Waals surface area contributed by atoms with Crippen molar-refractivity contribution in [1.29, 1.82) is 0 Å². The minimum absolute atomic E-state index is 1.09. The summed E-state index contributed by atoms with van der Waals surface area (Å²) in [6.07, 6.45) is 1.09. The van der Waals surface area contributed by atoms with Crippen molar-refractivity contribution in [2.45, 2.75) is 0 Å². The lowest BCUT2D eigenvalue weighted by atomic mass is 11.3. The Morgan fingerprint density at radius 2 is 2.00 bits per heavy atom. The van der Waals surface area contributed by atoms with Crippen LogP contribution >= 0.6 is 0 Å². The molecule has 0 heterocycles. The Hall–Kier alpha value is -0.293. The van der Waals surface area contributed by atoms with Gasteiger partial charge in [-0.1, -0.05) is 0 Å². The molecule has 0 aromatic carbocycles. The second-order valence-corrected chi connectivity index (χ2v) is 0.469. The van der Waals surface area contributed by atoms with Crippen LogP contribution in [0, 0.1) is 11.7 Å². The second-order valence-electron chi connectivity index (χ2n) is 0.219. The quantitative estimate of drug-likeness (QED) is 0.279. The lowest BCUT2D eigenvalue weighted by molar-refractivity contribution is 0.775. The molecule has 0 unspecified atom stereocenters. The van der Waals surface area contributed by atoms with Gasteiger partial charge in [0.2, 0.25) is 0 Å². The van der Waals surface area contributed by atoms with Gasteiger partial charge in [-0.3, -0.25) is 0 Å². The third kappa shape index (κ3) is 1.71. The van der Waals surface area contributed by atoms with Crippen molar-refractivity contribution in [2.24, 2.45) is 0 Å². The van der Waals surface area contributed by atoms with Crippen molar-refractivity contribution in [3.8, 4) is 11.7 Å². The zero-order valence-corrected chi connectivity index (χ0v) is 2.88. The van der Waals surface area contributed by atoms with Crippen LogP contribution in [-0.4, -0.2) is 10.2 Å². The van der Waals surface area contributed by atoms with Crippen LogP contribution < -0.4 is 0 Å². The van der Waals surface area contributed by atoms with Gasteiger partial charge in [-0.2, -0.15) is 0 Å². The number of hydrogen-bond donors (Lipinski definition) is 0. The Kier molecular flexibility index (Phi) is 2.51. The summed E-state index contributed by atoms with van der Waals surface area (Å²) in [5, 5.41) is 0. The third-order valence-electron chi connectivity index (χ3n) is 0.0472. The maximum atomic E-state index is 10.3. The van der Waals surface area contributed by atoms with Gasteiger partial charge in [0.25, 0.3) is 0 Å². The second kappa shape index (κ2) is 2.71. The van der Waals surface area contributed by atoms with Crippen LogP contribution in [-0.2, 0) is 0 Å². The molecule has 0 saturated heterocycles. The van der Waals surface area contributed by atoms with Crippen LogP contribution in [0.15, 0.2) is 0 Å². The number of rotatable bonds is 0. The van der Waals surface area contributed by atoms with E-state index in [0.717, 1.165) is 6.17 Å². The van der Waals surface area contributed by atoms with E-state index in [2.05, 4.69) is 10.2 Å². The van der Waals surface area contributed by atoms with E-state index in [9.17, 15) is 4.39 Å². The Balaban J connectivity index is 2.83. The first kappa shape index (κ1) is 3.71. The zero-order valence-electron chi connectivity index (χ0n) is 1.88. The number of halogens is 1. The molecular formula is C2FSi. The van der Waals surface area contributed by atoms with E-state index < -0.39 is 0 Å². The van der Waals surface area contributed by atoms with E-state index in [-0.39, 0.29) is 0 Å². The van der Waals surface area contributed by atoms with Crippen molar-refractivity contribution in [1.82, 2.24) is 0 Å². The fourth-order valence-corrected chi connectivity index (χ4v) is 0. The summed E-state index contributed by atoms with van der Waals surface area (Å²) in [7, 11) is 2.55. The van der Waals surface area contributed by atoms with Crippen LogP contribution in [0.5, 0.6) is 0 Å². The normalized spacial score (nSPS) is 3.50. The Bertz CT molecular complexity index is 42.8. The minimum atomic E-state index is 1.09. The predicted octanol–water partition coefficient (Wildman–Crippen LogP) is 0.0428. The molecule has 0 spiro atoms. The van der Waals surface area contributed by atoms with Crippen molar-refractivity contribution in [3.05, 3.63) is 0 Å². The smallest absolute Gasteiger partial charge is 0.145 e. The summed E-state index contributed by atoms with van der Waals surface area (Å²) in [6.45, 7) is 0. The average Bonchev–Trinajstić information content (AvgIpc) is 1.37. The van der Waals surface area contributed by atoms with Crippen LogP contribution in [0.2, 0.25) is 0 Å². The largest absolute Gasteiger partial charge is 0.151 e. The summed E-state index contributed by atoms with van der Waals surface area (Å²) in [4.78, 5) is 0. The van der Waals surface area contributed by atoms with Gasteiger partial charge in [-0.15, -0.1) is 9.93 Å². The molecule has 0 bridgehead atoms. The molecule has 0 amide bonds. The molecule has 0 fully saturated rings. The van der Waals surface area contributed by atoms with Crippen LogP contribution in [0.4, 0.5) is 4.39 Å². The van der Waals surface area contributed by atoms with Gasteiger partial charge < -0.3 is 0 Å². The highest BCUT2D eigenvalue weighted by Gasteiger charge is 1.34. The standard InChI is InChI=1S/C2FSi/c3-1-2-4. The molecule has 0 nitrogen and oxygen atoms in total. The first-order valence-corrected chi connectivity index (χ1v) is 1.19. The van der Waals surface area contributed by atoms with Crippen molar-refractivity contribution in [3.63, 3.8) is 0 Å². The highest BCUT2D eigenvalue weighted by molar-refractivity contribution is 6.22. The van der Waals surface area contributed by atoms with Gasteiger partial charge in [0.05, 0.1) is 6.17 Å². The molecule has 4 heavy (non-hydrogen) atoms. The van der Waals surface area contributed by atoms with Gasteiger partial charge in [0.1, 0.15) is 0 Å². The molecule has 0 saturated carbocycles. The van der Waals surface area contributed by atoms with Gasteiger partial charge in [-0.25, -0.2) is 0 Å². The molecule has 0 rings (SSSR count). The highest BCUT2D eigenvalue weighted by Crippen LogP contribution is 1.41. The molecule has 0 aliphatic heterocycles. The third-order valence-corrected chi connectivity index (χ3v) is 0.142. The molecule has 0 aromatic rings. The van der Waals surface area contributed by atoms with E-state index >= 15 is 0 Å². The molecule has 2 heteroatoms. The SMILES string of the molecule is FC#C[Si]. The summed E-state index contributed by atoms with van der Waals surface area (Å²) in [5.41, 5.74) is 1.82. The molecule has 0 N–H and O–H groups in total. The minimum Gasteiger partial charge on any atom is -0.145 e. The van der Waals surface area contributed by atoms with E-state index in [1.165, 1.54) is 0 Å². The Labute approximate surface area is 27.4 Å². The van der Waals surface area contributed by atoms with E-state index in [1.54, 1.807) is 0 Å². The zero-order chi connectivity index (χ0) is 3.41. The lowest BCUT2D eigenvalue weighted by Gasteiger charge is -1.34. The first-order chi connectivity index (χ1) is 1.91. The maximum absolute atomic E-state index is 10.3. The Morgan fingerprint density at radius 3 is 2.00 bits per heavy atom. The number of hydrogen-bond acceptors (Lipinski definition) is 0. The molecule has 3 radical (unpaired) electrons. The van der Waals surface area contributed by atoms with Gasteiger partial charge in [-0.05, 0) is 0 Å². The van der Waals surface area contributed by atoms with Crippen LogP contribution in [0.3, 0.4) is 0 Å². The fourth-order valence-electron chi connectivity index (χ4n) is 0. The summed E-state index contributed by atoms with van der Waals surface area (Å²) < 4.78 is 10.3. The maximum Gasteiger partial charge on any atom is 0.151 e. The molecule has 19 valence electrons. The molecule has 0 aliphatic rings. The molecule has 0 atom stereocenters. The molecule has 0 aromatic heterocycles. The predicted molar refractivity (Wildman–Crippen MR) is 14.6 cm³/mol. The summed E-state index contributed by atoms with van der Waals surface area (Å²) >= 11 is 0. The van der Waals surface area contributed by atoms with E-state index in [0.29, 0.717) is 0 Å². The molecular weight excluding hydrogens is 71.1 g/mol. The van der Waals surface area contributed by atoms with Gasteiger partial charge in [0.15, 0.2) is 10.2 Å². The summed E-state index contributed by atoms with van der Waals surface area (Å²) in [6, 6.07) is 0. The average molecular weight is 71.1 g/mol. The van der Waals surface area contributed by atoms with Crippen LogP contribution in [0.1, 0.15) is 0 Å². The van der Waals surface area contributed by atoms with Crippen LogP contribution in [0.25, 0.3) is 0 Å². The lowest BCUT2D eigenvalue weighted by Crippen LogP contribution is -1.39.